The molecule has 3 rings (SSSR count). The molecule has 4 heteroatoms. The Morgan fingerprint density at radius 2 is 2.04 bits per heavy atom. The van der Waals surface area contributed by atoms with Crippen molar-refractivity contribution in [1.29, 1.82) is 0 Å². The highest BCUT2D eigenvalue weighted by Crippen LogP contribution is 2.19. The minimum Gasteiger partial charge on any atom is -0.347 e. The summed E-state index contributed by atoms with van der Waals surface area (Å²) in [5.41, 5.74) is 5.51. The van der Waals surface area contributed by atoms with Crippen LogP contribution in [0.25, 0.3) is 11.3 Å². The van der Waals surface area contributed by atoms with Crippen molar-refractivity contribution in [2.75, 3.05) is 0 Å². The van der Waals surface area contributed by atoms with E-state index < -0.39 is 0 Å². The standard InChI is InChI=1S/C19H19N3S/c1-3-17-11-18(23)8-10-22(17)13-16-6-7-19(21-14(16)2)15-5-4-9-20-12-15/h4-12H,3,13H2,1-2H3. The van der Waals surface area contributed by atoms with Gasteiger partial charge in [-0.25, -0.2) is 0 Å². The van der Waals surface area contributed by atoms with E-state index in [4.69, 9.17) is 17.2 Å². The minimum atomic E-state index is 0.810. The van der Waals surface area contributed by atoms with Crippen LogP contribution in [0.15, 0.2) is 55.0 Å². The summed E-state index contributed by atoms with van der Waals surface area (Å²) in [7, 11) is 0. The first-order chi connectivity index (χ1) is 11.2. The maximum Gasteiger partial charge on any atom is 0.0720 e. The van der Waals surface area contributed by atoms with Gasteiger partial charge in [0.2, 0.25) is 0 Å². The van der Waals surface area contributed by atoms with E-state index in [1.54, 1.807) is 6.20 Å². The van der Waals surface area contributed by atoms with Gasteiger partial charge in [-0.2, -0.15) is 0 Å². The van der Waals surface area contributed by atoms with Crippen molar-refractivity contribution >= 4 is 12.2 Å². The average Bonchev–Trinajstić information content (AvgIpc) is 2.58. The van der Waals surface area contributed by atoms with Crippen LogP contribution < -0.4 is 0 Å². The van der Waals surface area contributed by atoms with Gasteiger partial charge in [0.05, 0.1) is 5.69 Å². The Labute approximate surface area is 141 Å². The molecule has 0 amide bonds. The summed E-state index contributed by atoms with van der Waals surface area (Å²) in [6.07, 6.45) is 6.64. The second kappa shape index (κ2) is 6.84. The predicted octanol–water partition coefficient (Wildman–Crippen LogP) is 4.59. The van der Waals surface area contributed by atoms with Crippen LogP contribution in [0, 0.1) is 11.4 Å². The van der Waals surface area contributed by atoms with E-state index in [2.05, 4.69) is 47.8 Å². The molecule has 0 saturated carbocycles. The quantitative estimate of drug-likeness (QED) is 0.658. The number of rotatable bonds is 4. The molecule has 0 spiro atoms. The molecule has 0 saturated heterocycles. The summed E-state index contributed by atoms with van der Waals surface area (Å²) < 4.78 is 3.13. The van der Waals surface area contributed by atoms with Gasteiger partial charge in [-0.3, -0.25) is 9.97 Å². The van der Waals surface area contributed by atoms with Crippen molar-refractivity contribution in [3.63, 3.8) is 0 Å². The van der Waals surface area contributed by atoms with Gasteiger partial charge >= 0.3 is 0 Å². The molecular formula is C19H19N3S. The monoisotopic (exact) mass is 321 g/mol. The minimum absolute atomic E-state index is 0.810. The predicted molar refractivity (Wildman–Crippen MR) is 96.0 cm³/mol. The van der Waals surface area contributed by atoms with Gasteiger partial charge < -0.3 is 4.57 Å². The first-order valence-electron chi connectivity index (χ1n) is 7.73. The van der Waals surface area contributed by atoms with Crippen molar-refractivity contribution in [3.8, 4) is 11.3 Å². The highest BCUT2D eigenvalue weighted by atomic mass is 32.1. The number of pyridine rings is 3. The van der Waals surface area contributed by atoms with Crippen molar-refractivity contribution in [3.05, 3.63) is 76.5 Å². The topological polar surface area (TPSA) is 30.7 Å². The lowest BCUT2D eigenvalue weighted by Gasteiger charge is -2.14. The molecule has 116 valence electrons. The molecule has 0 atom stereocenters. The number of hydrogen-bond acceptors (Lipinski definition) is 3. The second-order valence-corrected chi connectivity index (χ2v) is 5.99. The van der Waals surface area contributed by atoms with E-state index in [-0.39, 0.29) is 0 Å². The number of hydrogen-bond donors (Lipinski definition) is 0. The Bertz CT molecular complexity index is 869. The van der Waals surface area contributed by atoms with E-state index in [0.29, 0.717) is 0 Å². The molecule has 0 aliphatic rings. The average molecular weight is 321 g/mol. The summed E-state index contributed by atoms with van der Waals surface area (Å²) in [6.45, 7) is 5.02. The maximum atomic E-state index is 5.26. The summed E-state index contributed by atoms with van der Waals surface area (Å²) in [5.74, 6) is 0. The first kappa shape index (κ1) is 15.6. The fourth-order valence-corrected chi connectivity index (χ4v) is 2.83. The Balaban J connectivity index is 1.92. The molecular weight excluding hydrogens is 302 g/mol. The normalized spacial score (nSPS) is 10.7. The van der Waals surface area contributed by atoms with Crippen LogP contribution in [0.1, 0.15) is 23.9 Å². The van der Waals surface area contributed by atoms with Crippen LogP contribution in [-0.2, 0) is 13.0 Å². The molecule has 0 radical (unpaired) electrons. The molecule has 3 heterocycles. The molecule has 0 aromatic carbocycles. The SMILES string of the molecule is CCc1cc(=S)ccn1Cc1ccc(-c2cccnc2)nc1C. The van der Waals surface area contributed by atoms with Crippen LogP contribution in [0.5, 0.6) is 0 Å². The van der Waals surface area contributed by atoms with Crippen molar-refractivity contribution < 1.29 is 0 Å². The van der Waals surface area contributed by atoms with E-state index in [9.17, 15) is 0 Å². The van der Waals surface area contributed by atoms with Crippen LogP contribution in [0.2, 0.25) is 0 Å². The van der Waals surface area contributed by atoms with Gasteiger partial charge in [-0.15, -0.1) is 0 Å². The fraction of sp³-hybridized carbons (Fsp3) is 0.211. The Morgan fingerprint density at radius 3 is 2.74 bits per heavy atom. The van der Waals surface area contributed by atoms with Gasteiger partial charge in [-0.05, 0) is 49.2 Å². The lowest BCUT2D eigenvalue weighted by Crippen LogP contribution is -2.08. The van der Waals surface area contributed by atoms with Crippen molar-refractivity contribution in [1.82, 2.24) is 14.5 Å². The molecule has 0 N–H and O–H groups in total. The van der Waals surface area contributed by atoms with Crippen LogP contribution >= 0.6 is 12.2 Å². The lowest BCUT2D eigenvalue weighted by atomic mass is 10.1. The zero-order valence-electron chi connectivity index (χ0n) is 13.4. The first-order valence-corrected chi connectivity index (χ1v) is 8.14. The van der Waals surface area contributed by atoms with Gasteiger partial charge in [0.1, 0.15) is 0 Å². The molecule has 0 unspecified atom stereocenters. The second-order valence-electron chi connectivity index (χ2n) is 5.52. The zero-order chi connectivity index (χ0) is 16.2. The van der Waals surface area contributed by atoms with E-state index >= 15 is 0 Å². The Hall–Kier alpha value is -2.33. The van der Waals surface area contributed by atoms with Gasteiger partial charge in [-0.1, -0.05) is 25.2 Å². The Morgan fingerprint density at radius 1 is 1.17 bits per heavy atom. The molecule has 0 aliphatic heterocycles. The highest BCUT2D eigenvalue weighted by Gasteiger charge is 2.06. The third-order valence-electron chi connectivity index (χ3n) is 3.95. The molecule has 23 heavy (non-hydrogen) atoms. The molecule has 0 aliphatic carbocycles. The molecule has 3 aromatic heterocycles. The summed E-state index contributed by atoms with van der Waals surface area (Å²) in [4.78, 5) is 8.90. The van der Waals surface area contributed by atoms with E-state index in [1.165, 1.54) is 11.3 Å². The van der Waals surface area contributed by atoms with Crippen molar-refractivity contribution in [2.24, 2.45) is 0 Å². The van der Waals surface area contributed by atoms with Crippen molar-refractivity contribution in [2.45, 2.75) is 26.8 Å². The molecule has 3 aromatic rings. The van der Waals surface area contributed by atoms with Crippen LogP contribution in [0.3, 0.4) is 0 Å². The summed E-state index contributed by atoms with van der Waals surface area (Å²) >= 11 is 5.26. The molecule has 0 bridgehead atoms. The van der Waals surface area contributed by atoms with E-state index in [0.717, 1.165) is 34.4 Å². The maximum absolute atomic E-state index is 5.26. The van der Waals surface area contributed by atoms with Crippen LogP contribution in [-0.4, -0.2) is 14.5 Å². The highest BCUT2D eigenvalue weighted by molar-refractivity contribution is 7.71. The summed E-state index contributed by atoms with van der Waals surface area (Å²) in [6, 6.07) is 12.2. The molecule has 0 fully saturated rings. The smallest absolute Gasteiger partial charge is 0.0720 e. The lowest BCUT2D eigenvalue weighted by molar-refractivity contribution is 0.726. The third kappa shape index (κ3) is 3.54. The fourth-order valence-electron chi connectivity index (χ4n) is 2.63. The van der Waals surface area contributed by atoms with Gasteiger partial charge in [0.25, 0.3) is 0 Å². The number of aryl methyl sites for hydroxylation is 2. The van der Waals surface area contributed by atoms with Crippen LogP contribution in [0.4, 0.5) is 0 Å². The zero-order valence-corrected chi connectivity index (χ0v) is 14.2. The third-order valence-corrected chi connectivity index (χ3v) is 4.21. The van der Waals surface area contributed by atoms with Gasteiger partial charge in [0.15, 0.2) is 0 Å². The number of aromatic nitrogens is 3. The van der Waals surface area contributed by atoms with Gasteiger partial charge in [0, 0.05) is 46.6 Å². The largest absolute Gasteiger partial charge is 0.347 e. The number of nitrogens with zero attached hydrogens (tertiary/aromatic N) is 3. The Kier molecular flexibility index (Phi) is 4.63. The van der Waals surface area contributed by atoms with E-state index in [1.807, 2.05) is 24.4 Å². The molecule has 3 nitrogen and oxygen atoms in total. The summed E-state index contributed by atoms with van der Waals surface area (Å²) in [5, 5.41) is 0.